The van der Waals surface area contributed by atoms with Crippen LogP contribution in [0.25, 0.3) is 0 Å². The summed E-state index contributed by atoms with van der Waals surface area (Å²) in [6.07, 6.45) is 8.45. The average Bonchev–Trinajstić information content (AvgIpc) is 3.04. The normalized spacial score (nSPS) is 17.8. The Bertz CT molecular complexity index is 750. The van der Waals surface area contributed by atoms with Crippen LogP contribution in [-0.2, 0) is 0 Å². The topological polar surface area (TPSA) is 34.9 Å². The van der Waals surface area contributed by atoms with Crippen LogP contribution in [0.5, 0.6) is 0 Å². The fourth-order valence-corrected chi connectivity index (χ4v) is 4.68. The van der Waals surface area contributed by atoms with Crippen LogP contribution in [0.1, 0.15) is 61.1 Å². The molecule has 0 amide bonds. The van der Waals surface area contributed by atoms with Crippen molar-refractivity contribution in [2.75, 3.05) is 0 Å². The van der Waals surface area contributed by atoms with Gasteiger partial charge in [-0.15, -0.1) is 6.58 Å². The smallest absolute Gasteiger partial charge is 0.242 e. The minimum absolute atomic E-state index is 0.0492. The van der Waals surface area contributed by atoms with Crippen molar-refractivity contribution in [2.45, 2.75) is 49.8 Å². The molecule has 1 atom stereocenters. The van der Waals surface area contributed by atoms with E-state index in [1.165, 1.54) is 24.5 Å². The molecular formula is C20H23FN2OS. The number of carbonyl (C=O) groups excluding carboxylic acids is 1. The van der Waals surface area contributed by atoms with Crippen LogP contribution < -0.4 is 0 Å². The van der Waals surface area contributed by atoms with Crippen molar-refractivity contribution in [1.29, 1.82) is 0 Å². The van der Waals surface area contributed by atoms with E-state index < -0.39 is 5.95 Å². The lowest BCUT2D eigenvalue weighted by Gasteiger charge is -2.33. The van der Waals surface area contributed by atoms with E-state index in [-0.39, 0.29) is 21.6 Å². The van der Waals surface area contributed by atoms with E-state index in [9.17, 15) is 9.18 Å². The van der Waals surface area contributed by atoms with Gasteiger partial charge in [0.25, 0.3) is 0 Å². The highest BCUT2D eigenvalue weighted by molar-refractivity contribution is 8.15. The van der Waals surface area contributed by atoms with Gasteiger partial charge in [0.2, 0.25) is 11.1 Å². The van der Waals surface area contributed by atoms with Crippen molar-refractivity contribution >= 4 is 16.9 Å². The number of halogens is 1. The van der Waals surface area contributed by atoms with E-state index in [1.54, 1.807) is 4.57 Å². The SMILES string of the molecule is C=CC1(SC(=O)c2c(F)ncn2[C@H](C)c2ccccc2)CCCCC1. The van der Waals surface area contributed by atoms with Crippen molar-refractivity contribution < 1.29 is 9.18 Å². The Morgan fingerprint density at radius 3 is 2.64 bits per heavy atom. The van der Waals surface area contributed by atoms with Crippen LogP contribution >= 0.6 is 11.8 Å². The van der Waals surface area contributed by atoms with Gasteiger partial charge in [0.1, 0.15) is 0 Å². The Morgan fingerprint density at radius 1 is 1.32 bits per heavy atom. The molecule has 0 saturated heterocycles. The number of rotatable bonds is 5. The van der Waals surface area contributed by atoms with Gasteiger partial charge in [0.05, 0.1) is 12.4 Å². The lowest BCUT2D eigenvalue weighted by molar-refractivity contribution is 0.107. The maximum Gasteiger partial charge on any atom is 0.242 e. The molecule has 5 heteroatoms. The Kier molecular flexibility index (Phi) is 5.42. The third kappa shape index (κ3) is 3.71. The zero-order chi connectivity index (χ0) is 17.9. The Labute approximate surface area is 152 Å². The highest BCUT2D eigenvalue weighted by Crippen LogP contribution is 2.42. The zero-order valence-corrected chi connectivity index (χ0v) is 15.3. The summed E-state index contributed by atoms with van der Waals surface area (Å²) < 4.78 is 15.7. The Hall–Kier alpha value is -1.88. The quantitative estimate of drug-likeness (QED) is 0.672. The molecular weight excluding hydrogens is 335 g/mol. The molecule has 3 nitrogen and oxygen atoms in total. The van der Waals surface area contributed by atoms with E-state index in [0.717, 1.165) is 31.2 Å². The molecule has 1 fully saturated rings. The molecule has 1 saturated carbocycles. The maximum absolute atomic E-state index is 14.3. The molecule has 0 N–H and O–H groups in total. The number of carbonyl (C=O) groups is 1. The standard InChI is InChI=1S/C20H23FN2OS/c1-3-20(12-8-5-9-13-20)25-19(24)17-18(21)22-14-23(17)15(2)16-10-6-4-7-11-16/h3-4,6-7,10-11,14-15H,1,5,8-9,12-13H2,2H3/t15-/m1/s1. The molecule has 1 aliphatic rings. The fourth-order valence-electron chi connectivity index (χ4n) is 3.44. The van der Waals surface area contributed by atoms with Crippen molar-refractivity contribution in [3.63, 3.8) is 0 Å². The predicted molar refractivity (Wildman–Crippen MR) is 100 cm³/mol. The minimum atomic E-state index is -0.699. The lowest BCUT2D eigenvalue weighted by Crippen LogP contribution is -2.27. The zero-order valence-electron chi connectivity index (χ0n) is 14.5. The van der Waals surface area contributed by atoms with Gasteiger partial charge in [0.15, 0.2) is 5.69 Å². The molecule has 1 aromatic heterocycles. The Balaban J connectivity index is 1.88. The van der Waals surface area contributed by atoms with Gasteiger partial charge in [-0.1, -0.05) is 67.4 Å². The third-order valence-electron chi connectivity index (χ3n) is 5.01. The number of thioether (sulfide) groups is 1. The summed E-state index contributed by atoms with van der Waals surface area (Å²) in [6, 6.07) is 9.58. The fraction of sp³-hybridized carbons (Fsp3) is 0.400. The van der Waals surface area contributed by atoms with Crippen molar-refractivity contribution in [3.8, 4) is 0 Å². The van der Waals surface area contributed by atoms with Gasteiger partial charge >= 0.3 is 0 Å². The van der Waals surface area contributed by atoms with E-state index in [4.69, 9.17) is 0 Å². The highest BCUT2D eigenvalue weighted by atomic mass is 32.2. The number of hydrogen-bond acceptors (Lipinski definition) is 3. The molecule has 132 valence electrons. The van der Waals surface area contributed by atoms with Crippen molar-refractivity contribution in [1.82, 2.24) is 9.55 Å². The van der Waals surface area contributed by atoms with Crippen LogP contribution in [-0.4, -0.2) is 19.4 Å². The second-order valence-corrected chi connectivity index (χ2v) is 7.98. The van der Waals surface area contributed by atoms with Crippen molar-refractivity contribution in [2.24, 2.45) is 0 Å². The number of aromatic nitrogens is 2. The first-order valence-electron chi connectivity index (χ1n) is 8.70. The monoisotopic (exact) mass is 358 g/mol. The van der Waals surface area contributed by atoms with Gasteiger partial charge in [-0.05, 0) is 25.3 Å². The van der Waals surface area contributed by atoms with E-state index >= 15 is 0 Å². The molecule has 0 unspecified atom stereocenters. The molecule has 1 aliphatic carbocycles. The first kappa shape index (κ1) is 17.9. The molecule has 0 aliphatic heterocycles. The van der Waals surface area contributed by atoms with E-state index in [1.807, 2.05) is 43.3 Å². The molecule has 1 aromatic carbocycles. The third-order valence-corrected chi connectivity index (χ3v) is 6.37. The number of benzene rings is 1. The number of hydrogen-bond donors (Lipinski definition) is 0. The number of nitrogens with zero attached hydrogens (tertiary/aromatic N) is 2. The van der Waals surface area contributed by atoms with Gasteiger partial charge in [-0.2, -0.15) is 4.39 Å². The summed E-state index contributed by atoms with van der Waals surface area (Å²) in [6.45, 7) is 5.88. The lowest BCUT2D eigenvalue weighted by atomic mass is 9.88. The summed E-state index contributed by atoms with van der Waals surface area (Å²) in [4.78, 5) is 16.7. The minimum Gasteiger partial charge on any atom is -0.318 e. The molecule has 1 heterocycles. The second-order valence-electron chi connectivity index (χ2n) is 6.60. The molecule has 3 rings (SSSR count). The summed E-state index contributed by atoms with van der Waals surface area (Å²) in [7, 11) is 0. The molecule has 0 radical (unpaired) electrons. The van der Waals surface area contributed by atoms with Crippen LogP contribution in [0, 0.1) is 5.95 Å². The summed E-state index contributed by atoms with van der Waals surface area (Å²) in [5.74, 6) is -0.699. The highest BCUT2D eigenvalue weighted by Gasteiger charge is 2.35. The molecule has 25 heavy (non-hydrogen) atoms. The average molecular weight is 358 g/mol. The summed E-state index contributed by atoms with van der Waals surface area (Å²) in [5, 5.41) is -0.264. The first-order chi connectivity index (χ1) is 12.1. The summed E-state index contributed by atoms with van der Waals surface area (Å²) in [5.41, 5.74) is 1.06. The van der Waals surface area contributed by atoms with Crippen LogP contribution in [0.4, 0.5) is 4.39 Å². The molecule has 2 aromatic rings. The Morgan fingerprint density at radius 2 is 2.00 bits per heavy atom. The number of imidazole rings is 1. The predicted octanol–water partition coefficient (Wildman–Crippen LogP) is 5.39. The van der Waals surface area contributed by atoms with Crippen LogP contribution in [0.15, 0.2) is 49.3 Å². The van der Waals surface area contributed by atoms with E-state index in [2.05, 4.69) is 11.6 Å². The molecule has 0 bridgehead atoms. The van der Waals surface area contributed by atoms with Gasteiger partial charge < -0.3 is 4.57 Å². The van der Waals surface area contributed by atoms with Gasteiger partial charge in [-0.3, -0.25) is 4.79 Å². The van der Waals surface area contributed by atoms with Gasteiger partial charge in [0, 0.05) is 4.75 Å². The first-order valence-corrected chi connectivity index (χ1v) is 9.52. The van der Waals surface area contributed by atoms with Crippen LogP contribution in [0.3, 0.4) is 0 Å². The molecule has 0 spiro atoms. The van der Waals surface area contributed by atoms with Crippen molar-refractivity contribution in [3.05, 3.63) is 66.5 Å². The maximum atomic E-state index is 14.3. The van der Waals surface area contributed by atoms with E-state index in [0.29, 0.717) is 0 Å². The largest absolute Gasteiger partial charge is 0.318 e. The van der Waals surface area contributed by atoms with Gasteiger partial charge in [-0.25, -0.2) is 4.98 Å². The van der Waals surface area contributed by atoms with Crippen LogP contribution in [0.2, 0.25) is 0 Å². The summed E-state index contributed by atoms with van der Waals surface area (Å²) >= 11 is 1.21. The second kappa shape index (κ2) is 7.56.